The van der Waals surface area contributed by atoms with Crippen LogP contribution in [0.15, 0.2) is 24.3 Å². The van der Waals surface area contributed by atoms with Crippen molar-refractivity contribution in [2.75, 3.05) is 24.1 Å². The van der Waals surface area contributed by atoms with E-state index in [0.717, 1.165) is 54.7 Å². The number of halogens is 3. The summed E-state index contributed by atoms with van der Waals surface area (Å²) in [6.45, 7) is 4.65. The van der Waals surface area contributed by atoms with Crippen LogP contribution in [0.25, 0.3) is 21.1 Å². The van der Waals surface area contributed by atoms with Crippen LogP contribution in [0.3, 0.4) is 0 Å². The van der Waals surface area contributed by atoms with Crippen molar-refractivity contribution in [1.29, 1.82) is 5.26 Å². The molecule has 0 bridgehead atoms. The quantitative estimate of drug-likeness (QED) is 0.352. The highest BCUT2D eigenvalue weighted by Gasteiger charge is 2.29. The Hall–Kier alpha value is -3.36. The predicted molar refractivity (Wildman–Crippen MR) is 131 cm³/mol. The van der Waals surface area contributed by atoms with E-state index in [-0.39, 0.29) is 16.9 Å². The van der Waals surface area contributed by atoms with Gasteiger partial charge < -0.3 is 16.0 Å². The number of nitrogens with one attached hydrogen (secondary N) is 2. The normalized spacial score (nSPS) is 15.6. The Morgan fingerprint density at radius 3 is 2.71 bits per heavy atom. The van der Waals surface area contributed by atoms with Gasteiger partial charge in [-0.2, -0.15) is 23.4 Å². The van der Waals surface area contributed by atoms with E-state index in [1.54, 1.807) is 0 Å². The van der Waals surface area contributed by atoms with Gasteiger partial charge in [0.1, 0.15) is 22.4 Å². The van der Waals surface area contributed by atoms with Gasteiger partial charge in [0.2, 0.25) is 5.95 Å². The van der Waals surface area contributed by atoms with Gasteiger partial charge in [-0.05, 0) is 49.1 Å². The summed E-state index contributed by atoms with van der Waals surface area (Å²) in [6, 6.07) is 9.83. The number of rotatable bonds is 5. The number of nitrogens with two attached hydrogens (primary N) is 1. The van der Waals surface area contributed by atoms with Crippen molar-refractivity contribution >= 4 is 44.2 Å². The monoisotopic (exact) mass is 499 g/mol. The number of hydrogen-bond donors (Lipinski definition) is 3. The van der Waals surface area contributed by atoms with Crippen molar-refractivity contribution in [1.82, 2.24) is 19.9 Å². The third kappa shape index (κ3) is 5.04. The first kappa shape index (κ1) is 23.4. The van der Waals surface area contributed by atoms with Crippen LogP contribution < -0.4 is 11.1 Å². The molecule has 0 aliphatic carbocycles. The van der Waals surface area contributed by atoms with E-state index in [1.807, 2.05) is 12.1 Å². The highest BCUT2D eigenvalue weighted by Crippen LogP contribution is 2.34. The molecule has 1 fully saturated rings. The molecular weight excluding hydrogens is 475 g/mol. The molecule has 0 saturated carbocycles. The largest absolute Gasteiger partial charge is 0.393 e. The lowest BCUT2D eigenvalue weighted by atomic mass is 10.0. The third-order valence-electron chi connectivity index (χ3n) is 6.46. The van der Waals surface area contributed by atoms with Gasteiger partial charge >= 0.3 is 6.18 Å². The van der Waals surface area contributed by atoms with Gasteiger partial charge in [-0.15, -0.1) is 11.3 Å². The number of H-pyrrole nitrogens is 1. The van der Waals surface area contributed by atoms with Gasteiger partial charge in [-0.3, -0.25) is 4.90 Å². The fraction of sp³-hybridized carbons (Fsp3) is 0.375. The molecule has 11 heteroatoms. The molecule has 35 heavy (non-hydrogen) atoms. The van der Waals surface area contributed by atoms with Crippen molar-refractivity contribution in [3.05, 3.63) is 46.0 Å². The number of aryl methyl sites for hydroxylation is 1. The van der Waals surface area contributed by atoms with Gasteiger partial charge in [0.05, 0.1) is 11.8 Å². The molecule has 0 spiro atoms. The van der Waals surface area contributed by atoms with E-state index in [1.165, 1.54) is 17.2 Å². The highest BCUT2D eigenvalue weighted by atomic mass is 32.1. The Kier molecular flexibility index (Phi) is 6.02. The average Bonchev–Trinajstić information content (AvgIpc) is 3.39. The summed E-state index contributed by atoms with van der Waals surface area (Å²) < 4.78 is 38.5. The molecule has 4 heterocycles. The topological polar surface area (TPSA) is 107 Å². The van der Waals surface area contributed by atoms with Crippen LogP contribution in [0.5, 0.6) is 0 Å². The van der Waals surface area contributed by atoms with E-state index >= 15 is 0 Å². The lowest BCUT2D eigenvalue weighted by molar-refractivity contribution is -0.126. The van der Waals surface area contributed by atoms with E-state index in [4.69, 9.17) is 11.0 Å². The molecular formula is C24H24F3N7S. The van der Waals surface area contributed by atoms with Gasteiger partial charge in [0.15, 0.2) is 0 Å². The zero-order chi connectivity index (χ0) is 24.7. The molecule has 4 N–H and O–H groups in total. The van der Waals surface area contributed by atoms with E-state index < -0.39 is 12.6 Å². The number of alkyl halides is 3. The second-order valence-electron chi connectivity index (χ2n) is 8.95. The number of aromatic amines is 1. The Labute approximate surface area is 203 Å². The number of aromatic nitrogens is 3. The average molecular weight is 500 g/mol. The van der Waals surface area contributed by atoms with Crippen LogP contribution in [-0.4, -0.2) is 45.2 Å². The number of anilines is 2. The minimum absolute atomic E-state index is 0.0491. The van der Waals surface area contributed by atoms with Crippen molar-refractivity contribution in [3.63, 3.8) is 0 Å². The summed E-state index contributed by atoms with van der Waals surface area (Å²) in [5, 5.41) is 14.2. The summed E-state index contributed by atoms with van der Waals surface area (Å²) >= 11 is 1.00. The zero-order valence-corrected chi connectivity index (χ0v) is 19.9. The summed E-state index contributed by atoms with van der Waals surface area (Å²) in [6.07, 6.45) is -3.52. The maximum absolute atomic E-state index is 12.8. The Bertz CT molecular complexity index is 1430. The van der Waals surface area contributed by atoms with E-state index in [2.05, 4.69) is 44.2 Å². The number of benzene rings is 1. The van der Waals surface area contributed by atoms with Crippen LogP contribution in [0.1, 0.15) is 34.5 Å². The van der Waals surface area contributed by atoms with Gasteiger partial charge in [-0.1, -0.05) is 6.07 Å². The van der Waals surface area contributed by atoms with Crippen molar-refractivity contribution < 1.29 is 13.2 Å². The minimum atomic E-state index is -4.28. The number of fused-ring (bicyclic) bond motifs is 2. The van der Waals surface area contributed by atoms with Gasteiger partial charge in [0.25, 0.3) is 0 Å². The fourth-order valence-corrected chi connectivity index (χ4v) is 5.74. The summed E-state index contributed by atoms with van der Waals surface area (Å²) in [5.41, 5.74) is 9.76. The molecule has 182 valence electrons. The number of hydrogen-bond acceptors (Lipinski definition) is 7. The zero-order valence-electron chi connectivity index (χ0n) is 19.0. The Morgan fingerprint density at radius 1 is 1.23 bits per heavy atom. The molecule has 5 rings (SSSR count). The van der Waals surface area contributed by atoms with Crippen molar-refractivity contribution in [2.45, 2.75) is 44.9 Å². The van der Waals surface area contributed by atoms with Crippen LogP contribution >= 0.6 is 11.3 Å². The minimum Gasteiger partial charge on any atom is -0.368 e. The number of piperidine rings is 1. The number of nitriles is 1. The maximum atomic E-state index is 12.8. The van der Waals surface area contributed by atoms with Crippen molar-refractivity contribution in [3.8, 4) is 6.07 Å². The second-order valence-corrected chi connectivity index (χ2v) is 10.1. The molecule has 0 unspecified atom stereocenters. The summed E-state index contributed by atoms with van der Waals surface area (Å²) in [5.74, 6) is 0.547. The molecule has 0 amide bonds. The molecule has 7 nitrogen and oxygen atoms in total. The molecule has 0 atom stereocenters. The number of thiophene rings is 1. The van der Waals surface area contributed by atoms with Gasteiger partial charge in [0, 0.05) is 41.5 Å². The molecule has 0 radical (unpaired) electrons. The first-order valence-corrected chi connectivity index (χ1v) is 12.1. The predicted octanol–water partition coefficient (Wildman–Crippen LogP) is 5.12. The number of nitrogens with zero attached hydrogens (tertiary/aromatic N) is 4. The molecule has 1 aromatic carbocycles. The van der Waals surface area contributed by atoms with Crippen LogP contribution in [0.2, 0.25) is 0 Å². The molecule has 3 aromatic heterocycles. The lowest BCUT2D eigenvalue weighted by Gasteiger charge is -2.33. The van der Waals surface area contributed by atoms with E-state index in [0.29, 0.717) is 21.7 Å². The molecule has 1 aliphatic rings. The SMILES string of the molecule is Cc1c(CN2CCC(Nc3nc(N)nc4sc(CC(F)(F)F)cc34)CC2)ccc2[nH]c(C#N)cc12. The molecule has 1 saturated heterocycles. The summed E-state index contributed by atoms with van der Waals surface area (Å²) in [7, 11) is 0. The van der Waals surface area contributed by atoms with E-state index in [9.17, 15) is 13.2 Å². The first-order valence-electron chi connectivity index (χ1n) is 11.3. The fourth-order valence-electron chi connectivity index (χ4n) is 4.68. The molecule has 4 aromatic rings. The summed E-state index contributed by atoms with van der Waals surface area (Å²) in [4.78, 5) is 14.6. The maximum Gasteiger partial charge on any atom is 0.393 e. The lowest BCUT2D eigenvalue weighted by Crippen LogP contribution is -2.39. The number of nitrogen functional groups attached to an aromatic ring is 1. The second kappa shape index (κ2) is 9.02. The Morgan fingerprint density at radius 2 is 2.00 bits per heavy atom. The van der Waals surface area contributed by atoms with Crippen LogP contribution in [0.4, 0.5) is 24.9 Å². The number of likely N-dealkylation sites (tertiary alicyclic amines) is 1. The standard InChI is InChI=1S/C24H24F3N7S/c1-13-14(2-3-20-18(13)8-16(11-28)30-20)12-34-6-4-15(5-7-34)31-21-19-9-17(10-24(25,26)27)35-22(19)33-23(29)32-21/h2-3,8-9,15,30H,4-7,10,12H2,1H3,(H3,29,31,32,33). The molecule has 1 aliphatic heterocycles. The Balaban J connectivity index is 1.25. The van der Waals surface area contributed by atoms with Crippen LogP contribution in [0, 0.1) is 18.3 Å². The van der Waals surface area contributed by atoms with Crippen LogP contribution in [-0.2, 0) is 13.0 Å². The van der Waals surface area contributed by atoms with Gasteiger partial charge in [-0.25, -0.2) is 4.98 Å². The highest BCUT2D eigenvalue weighted by molar-refractivity contribution is 7.18. The van der Waals surface area contributed by atoms with Crippen molar-refractivity contribution in [2.24, 2.45) is 0 Å². The first-order chi connectivity index (χ1) is 16.7. The smallest absolute Gasteiger partial charge is 0.368 e. The third-order valence-corrected chi connectivity index (χ3v) is 7.49.